The summed E-state index contributed by atoms with van der Waals surface area (Å²) in [6, 6.07) is 22.6. The second-order valence-electron chi connectivity index (χ2n) is 9.27. The number of aryl methyl sites for hydroxylation is 1. The second kappa shape index (κ2) is 10.4. The van der Waals surface area contributed by atoms with E-state index in [-0.39, 0.29) is 11.3 Å². The molecule has 4 aromatic heterocycles. The Hall–Kier alpha value is -4.99. The van der Waals surface area contributed by atoms with E-state index in [2.05, 4.69) is 51.7 Å². The van der Waals surface area contributed by atoms with Crippen molar-refractivity contribution in [2.24, 2.45) is 0 Å². The molecular formula is C29H25FN8O. The second-order valence-corrected chi connectivity index (χ2v) is 9.27. The number of unbranched alkanes of at least 4 members (excludes halogenated alkanes) is 1. The van der Waals surface area contributed by atoms with Crippen LogP contribution in [0.5, 0.6) is 0 Å². The highest BCUT2D eigenvalue weighted by atomic mass is 19.1. The van der Waals surface area contributed by atoms with E-state index in [4.69, 9.17) is 4.98 Å². The molecule has 0 unspecified atom stereocenters. The highest BCUT2D eigenvalue weighted by Crippen LogP contribution is 2.28. The van der Waals surface area contributed by atoms with Crippen molar-refractivity contribution < 1.29 is 9.12 Å². The van der Waals surface area contributed by atoms with Crippen molar-refractivity contribution in [3.05, 3.63) is 108 Å². The lowest BCUT2D eigenvalue weighted by Gasteiger charge is -2.12. The normalized spacial score (nSPS) is 11.3. The van der Waals surface area contributed by atoms with E-state index >= 15 is 4.39 Å². The molecule has 10 heteroatoms. The summed E-state index contributed by atoms with van der Waals surface area (Å²) < 4.78 is 19.5. The summed E-state index contributed by atoms with van der Waals surface area (Å²) >= 11 is 0. The van der Waals surface area contributed by atoms with Crippen LogP contribution in [0.25, 0.3) is 39.2 Å². The van der Waals surface area contributed by atoms with E-state index in [1.54, 1.807) is 35.3 Å². The number of fused-ring (bicyclic) bond motifs is 1. The van der Waals surface area contributed by atoms with Crippen molar-refractivity contribution in [3.8, 4) is 28.1 Å². The van der Waals surface area contributed by atoms with E-state index in [0.29, 0.717) is 22.4 Å². The van der Waals surface area contributed by atoms with Gasteiger partial charge in [-0.05, 0) is 46.2 Å². The van der Waals surface area contributed by atoms with Crippen molar-refractivity contribution in [2.75, 3.05) is 0 Å². The van der Waals surface area contributed by atoms with E-state index in [0.717, 1.165) is 47.5 Å². The zero-order valence-electron chi connectivity index (χ0n) is 21.3. The van der Waals surface area contributed by atoms with Gasteiger partial charge in [0.05, 0.1) is 12.2 Å². The lowest BCUT2D eigenvalue weighted by molar-refractivity contribution is -0.593. The fourth-order valence-corrected chi connectivity index (χ4v) is 4.74. The Balaban J connectivity index is 1.36. The van der Waals surface area contributed by atoms with Gasteiger partial charge in [-0.2, -0.15) is 18.8 Å². The van der Waals surface area contributed by atoms with Crippen LogP contribution in [0.15, 0.2) is 85.3 Å². The molecule has 39 heavy (non-hydrogen) atoms. The summed E-state index contributed by atoms with van der Waals surface area (Å²) in [5.41, 5.74) is 5.29. The number of imidazole rings is 1. The minimum Gasteiger partial charge on any atom is -0.618 e. The first-order valence-corrected chi connectivity index (χ1v) is 12.8. The molecule has 0 atom stereocenters. The number of tetrazole rings is 1. The standard InChI is InChI=1S/C29H25FN8O/c1-2-3-11-27-32-24-17-23(26-10-6-7-16-38(26)39)28(30)33-29(24)36(27)18-20-12-14-21(15-13-20)22-8-4-5-9-25(22)37-19-31-34-35-37/h4-10,12-17,19H,2-3,11,18H2,1H3. The van der Waals surface area contributed by atoms with Gasteiger partial charge in [0, 0.05) is 24.1 Å². The number of rotatable bonds is 8. The topological polar surface area (TPSA) is 101 Å². The SMILES string of the molecule is CCCCc1nc2cc(-c3cccc[n+]3[O-])c(F)nc2n1Cc1ccc(-c2ccccc2-n2cnnn2)cc1. The molecule has 6 rings (SSSR count). The summed E-state index contributed by atoms with van der Waals surface area (Å²) in [6.45, 7) is 2.61. The summed E-state index contributed by atoms with van der Waals surface area (Å²) in [7, 11) is 0. The van der Waals surface area contributed by atoms with Gasteiger partial charge in [0.25, 0.3) is 0 Å². The van der Waals surface area contributed by atoms with Gasteiger partial charge in [0.15, 0.2) is 11.8 Å². The van der Waals surface area contributed by atoms with Gasteiger partial charge in [-0.1, -0.05) is 55.8 Å². The number of benzene rings is 2. The van der Waals surface area contributed by atoms with Crippen molar-refractivity contribution in [1.29, 1.82) is 0 Å². The third-order valence-electron chi connectivity index (χ3n) is 6.71. The number of nitrogens with zero attached hydrogens (tertiary/aromatic N) is 8. The van der Waals surface area contributed by atoms with Gasteiger partial charge in [-0.3, -0.25) is 0 Å². The van der Waals surface area contributed by atoms with Gasteiger partial charge >= 0.3 is 0 Å². The molecule has 0 N–H and O–H groups in total. The number of pyridine rings is 2. The summed E-state index contributed by atoms with van der Waals surface area (Å²) in [4.78, 5) is 9.09. The number of hydrogen-bond acceptors (Lipinski definition) is 6. The maximum absolute atomic E-state index is 15.2. The molecule has 0 radical (unpaired) electrons. The van der Waals surface area contributed by atoms with E-state index in [1.807, 2.05) is 28.8 Å². The quantitative estimate of drug-likeness (QED) is 0.161. The molecule has 0 aliphatic heterocycles. The lowest BCUT2D eigenvalue weighted by Crippen LogP contribution is -2.28. The zero-order valence-corrected chi connectivity index (χ0v) is 21.3. The van der Waals surface area contributed by atoms with Crippen LogP contribution in [0.3, 0.4) is 0 Å². The molecule has 9 nitrogen and oxygen atoms in total. The van der Waals surface area contributed by atoms with E-state index in [1.165, 1.54) is 6.20 Å². The van der Waals surface area contributed by atoms with Crippen molar-refractivity contribution >= 4 is 11.2 Å². The van der Waals surface area contributed by atoms with Crippen molar-refractivity contribution in [2.45, 2.75) is 32.7 Å². The van der Waals surface area contributed by atoms with Gasteiger partial charge in [0.2, 0.25) is 11.6 Å². The minimum absolute atomic E-state index is 0.135. The molecule has 2 aromatic carbocycles. The fourth-order valence-electron chi connectivity index (χ4n) is 4.74. The number of para-hydroxylation sites is 1. The first-order valence-electron chi connectivity index (χ1n) is 12.8. The third kappa shape index (κ3) is 4.72. The van der Waals surface area contributed by atoms with Crippen molar-refractivity contribution in [3.63, 3.8) is 0 Å². The first kappa shape index (κ1) is 24.4. The maximum Gasteiger partial charge on any atom is 0.229 e. The van der Waals surface area contributed by atoms with Gasteiger partial charge < -0.3 is 9.77 Å². The monoisotopic (exact) mass is 520 g/mol. The average molecular weight is 521 g/mol. The molecule has 4 heterocycles. The predicted octanol–water partition coefficient (Wildman–Crippen LogP) is 4.90. The molecule has 0 saturated carbocycles. The molecule has 0 spiro atoms. The number of hydrogen-bond donors (Lipinski definition) is 0. The molecule has 0 saturated heterocycles. The Morgan fingerprint density at radius 2 is 1.77 bits per heavy atom. The van der Waals surface area contributed by atoms with Crippen LogP contribution in [0.1, 0.15) is 31.2 Å². The number of aromatic nitrogens is 8. The highest BCUT2D eigenvalue weighted by molar-refractivity contribution is 5.78. The lowest BCUT2D eigenvalue weighted by atomic mass is 10.0. The molecule has 6 aromatic rings. The van der Waals surface area contributed by atoms with Crippen LogP contribution in [0.2, 0.25) is 0 Å². The summed E-state index contributed by atoms with van der Waals surface area (Å²) in [5, 5.41) is 23.8. The van der Waals surface area contributed by atoms with E-state index in [9.17, 15) is 5.21 Å². The Labute approximate surface area is 223 Å². The molecule has 0 aliphatic rings. The van der Waals surface area contributed by atoms with Crippen LogP contribution < -0.4 is 4.73 Å². The van der Waals surface area contributed by atoms with Gasteiger partial charge in [-0.15, -0.1) is 5.10 Å². The Bertz CT molecular complexity index is 1750. The maximum atomic E-state index is 15.2. The average Bonchev–Trinajstić information content (AvgIpc) is 3.61. The zero-order chi connectivity index (χ0) is 26.8. The van der Waals surface area contributed by atoms with Crippen LogP contribution >= 0.6 is 0 Å². The predicted molar refractivity (Wildman–Crippen MR) is 144 cm³/mol. The smallest absolute Gasteiger partial charge is 0.229 e. The van der Waals surface area contributed by atoms with Gasteiger partial charge in [-0.25, -0.2) is 4.98 Å². The molecule has 194 valence electrons. The summed E-state index contributed by atoms with van der Waals surface area (Å²) in [5.74, 6) is 0.142. The van der Waals surface area contributed by atoms with Gasteiger partial charge in [0.1, 0.15) is 23.2 Å². The highest BCUT2D eigenvalue weighted by Gasteiger charge is 2.20. The molecule has 0 fully saturated rings. The Morgan fingerprint density at radius 3 is 2.54 bits per heavy atom. The van der Waals surface area contributed by atoms with Crippen LogP contribution in [-0.2, 0) is 13.0 Å². The van der Waals surface area contributed by atoms with Crippen LogP contribution in [-0.4, -0.2) is 34.7 Å². The van der Waals surface area contributed by atoms with Crippen LogP contribution in [0, 0.1) is 11.2 Å². The van der Waals surface area contributed by atoms with E-state index < -0.39 is 5.95 Å². The minimum atomic E-state index is -0.698. The third-order valence-corrected chi connectivity index (χ3v) is 6.71. The largest absolute Gasteiger partial charge is 0.618 e. The van der Waals surface area contributed by atoms with Crippen molar-refractivity contribution in [1.82, 2.24) is 34.7 Å². The molecular weight excluding hydrogens is 495 g/mol. The fraction of sp³-hybridized carbons (Fsp3) is 0.172. The Morgan fingerprint density at radius 1 is 0.949 bits per heavy atom. The molecule has 0 aliphatic carbocycles. The summed E-state index contributed by atoms with van der Waals surface area (Å²) in [6.07, 6.45) is 5.61. The van der Waals surface area contributed by atoms with Crippen LogP contribution in [0.4, 0.5) is 4.39 Å². The number of halogens is 1. The first-order chi connectivity index (χ1) is 19.1. The Kier molecular flexibility index (Phi) is 6.50. The molecule has 0 bridgehead atoms. The molecule has 0 amide bonds.